The van der Waals surface area contributed by atoms with Crippen LogP contribution in [0.1, 0.15) is 29.8 Å². The number of carbonyl (C=O) groups excluding carboxylic acids is 2. The number of epoxide rings is 1. The van der Waals surface area contributed by atoms with E-state index >= 15 is 0 Å². The van der Waals surface area contributed by atoms with Crippen LogP contribution in [0.5, 0.6) is 0 Å². The highest BCUT2D eigenvalue weighted by molar-refractivity contribution is 6.16. The molecule has 1 aromatic rings. The third-order valence-electron chi connectivity index (χ3n) is 3.74. The van der Waals surface area contributed by atoms with Crippen LogP contribution in [0.4, 0.5) is 0 Å². The van der Waals surface area contributed by atoms with E-state index in [0.29, 0.717) is 5.56 Å². The predicted octanol–water partition coefficient (Wildman–Crippen LogP) is 2.01. The van der Waals surface area contributed by atoms with Crippen LogP contribution in [0.25, 0.3) is 6.08 Å². The Balaban J connectivity index is 2.11. The van der Waals surface area contributed by atoms with Crippen LogP contribution < -0.4 is 0 Å². The van der Waals surface area contributed by atoms with E-state index in [4.69, 9.17) is 4.74 Å². The minimum absolute atomic E-state index is 0.116. The maximum absolute atomic E-state index is 12.4. The van der Waals surface area contributed by atoms with Gasteiger partial charge in [-0.1, -0.05) is 30.3 Å². The van der Waals surface area contributed by atoms with E-state index in [0.717, 1.165) is 5.56 Å². The zero-order valence-corrected chi connectivity index (χ0v) is 9.69. The van der Waals surface area contributed by atoms with Gasteiger partial charge in [-0.05, 0) is 25.5 Å². The smallest absolute Gasteiger partial charge is 0.202 e. The van der Waals surface area contributed by atoms with Crippen LogP contribution in [-0.2, 0) is 9.53 Å². The Labute approximate surface area is 99.1 Å². The van der Waals surface area contributed by atoms with E-state index in [9.17, 15) is 9.59 Å². The lowest BCUT2D eigenvalue weighted by atomic mass is 9.80. The average Bonchev–Trinajstić information content (AvgIpc) is 2.93. The number of ketones is 2. The van der Waals surface area contributed by atoms with E-state index < -0.39 is 11.2 Å². The molecule has 86 valence electrons. The van der Waals surface area contributed by atoms with Crippen molar-refractivity contribution in [3.8, 4) is 0 Å². The van der Waals surface area contributed by atoms with Crippen LogP contribution in [0.2, 0.25) is 0 Å². The highest BCUT2D eigenvalue weighted by Crippen LogP contribution is 2.53. The highest BCUT2D eigenvalue weighted by Gasteiger charge is 2.73. The first-order chi connectivity index (χ1) is 8.01. The molecular weight excluding hydrogens is 216 g/mol. The van der Waals surface area contributed by atoms with Gasteiger partial charge in [-0.15, -0.1) is 0 Å². The van der Waals surface area contributed by atoms with Crippen molar-refractivity contribution in [2.24, 2.45) is 0 Å². The number of Topliss-reactive ketones (excluding diaryl/α,β-unsaturated/α-hetero) is 2. The van der Waals surface area contributed by atoms with E-state index in [-0.39, 0.29) is 11.6 Å². The summed E-state index contributed by atoms with van der Waals surface area (Å²) in [6.07, 6.45) is 3.56. The normalized spacial score (nSPS) is 33.6. The summed E-state index contributed by atoms with van der Waals surface area (Å²) in [6, 6.07) is 7.35. The fourth-order valence-corrected chi connectivity index (χ4v) is 2.42. The van der Waals surface area contributed by atoms with Crippen LogP contribution >= 0.6 is 0 Å². The number of rotatable bonds is 1. The van der Waals surface area contributed by atoms with Crippen molar-refractivity contribution in [2.45, 2.75) is 25.0 Å². The maximum atomic E-state index is 12.4. The fraction of sp³-hybridized carbons (Fsp3) is 0.286. The Morgan fingerprint density at radius 1 is 1.29 bits per heavy atom. The minimum atomic E-state index is -1.06. The van der Waals surface area contributed by atoms with E-state index in [1.165, 1.54) is 6.92 Å². The van der Waals surface area contributed by atoms with Crippen molar-refractivity contribution < 1.29 is 14.3 Å². The number of hydrogen-bond donors (Lipinski definition) is 0. The van der Waals surface area contributed by atoms with Crippen LogP contribution in [-0.4, -0.2) is 22.8 Å². The fourth-order valence-electron chi connectivity index (χ4n) is 2.42. The lowest BCUT2D eigenvalue weighted by Gasteiger charge is -2.16. The van der Waals surface area contributed by atoms with Crippen molar-refractivity contribution in [3.63, 3.8) is 0 Å². The Hall–Kier alpha value is -1.74. The molecule has 0 aromatic heterocycles. The minimum Gasteiger partial charge on any atom is -0.341 e. The summed E-state index contributed by atoms with van der Waals surface area (Å²) < 4.78 is 5.48. The lowest BCUT2D eigenvalue weighted by Crippen LogP contribution is -2.36. The highest BCUT2D eigenvalue weighted by atomic mass is 16.6. The molecule has 17 heavy (non-hydrogen) atoms. The Morgan fingerprint density at radius 2 is 2.00 bits per heavy atom. The number of hydrogen-bond acceptors (Lipinski definition) is 3. The number of fused-ring (bicyclic) bond motifs is 1. The van der Waals surface area contributed by atoms with E-state index in [1.54, 1.807) is 19.1 Å². The van der Waals surface area contributed by atoms with Crippen molar-refractivity contribution in [1.82, 2.24) is 0 Å². The van der Waals surface area contributed by atoms with Crippen molar-refractivity contribution in [1.29, 1.82) is 0 Å². The molecule has 1 aromatic carbocycles. The standard InChI is InChI=1S/C14H12O3/c1-9(15)13(2)14(17-13)8-7-10-5-3-4-6-11(10)12(14)16/h3-8H,1-2H3. The molecule has 1 aliphatic heterocycles. The van der Waals surface area contributed by atoms with Gasteiger partial charge in [0, 0.05) is 5.56 Å². The number of ether oxygens (including phenoxy) is 1. The van der Waals surface area contributed by atoms with Gasteiger partial charge in [0.2, 0.25) is 5.78 Å². The summed E-state index contributed by atoms with van der Waals surface area (Å²) in [7, 11) is 0. The summed E-state index contributed by atoms with van der Waals surface area (Å²) >= 11 is 0. The van der Waals surface area contributed by atoms with E-state index in [1.807, 2.05) is 24.3 Å². The number of carbonyl (C=O) groups is 2. The third kappa shape index (κ3) is 1.09. The van der Waals surface area contributed by atoms with Gasteiger partial charge in [-0.3, -0.25) is 9.59 Å². The van der Waals surface area contributed by atoms with E-state index in [2.05, 4.69) is 0 Å². The third-order valence-corrected chi connectivity index (χ3v) is 3.74. The molecule has 1 saturated heterocycles. The zero-order chi connectivity index (χ0) is 12.3. The van der Waals surface area contributed by atoms with Gasteiger partial charge in [0.05, 0.1) is 0 Å². The molecule has 0 amide bonds. The Kier molecular flexibility index (Phi) is 1.79. The molecule has 3 nitrogen and oxygen atoms in total. The van der Waals surface area contributed by atoms with Crippen molar-refractivity contribution in [3.05, 3.63) is 41.5 Å². The first-order valence-electron chi connectivity index (χ1n) is 5.55. The molecule has 1 heterocycles. The molecule has 2 aliphatic rings. The van der Waals surface area contributed by atoms with Gasteiger partial charge in [0.25, 0.3) is 0 Å². The molecule has 2 atom stereocenters. The van der Waals surface area contributed by atoms with Gasteiger partial charge < -0.3 is 4.74 Å². The van der Waals surface area contributed by atoms with Gasteiger partial charge in [0.1, 0.15) is 0 Å². The van der Waals surface area contributed by atoms with Crippen molar-refractivity contribution in [2.75, 3.05) is 0 Å². The molecule has 2 unspecified atom stereocenters. The summed E-state index contributed by atoms with van der Waals surface area (Å²) in [5.74, 6) is -0.233. The Bertz CT molecular complexity index is 573. The first kappa shape index (κ1) is 10.4. The topological polar surface area (TPSA) is 46.7 Å². The van der Waals surface area contributed by atoms with Gasteiger partial charge >= 0.3 is 0 Å². The van der Waals surface area contributed by atoms with Gasteiger partial charge in [-0.2, -0.15) is 0 Å². The van der Waals surface area contributed by atoms with Gasteiger partial charge in [0.15, 0.2) is 17.0 Å². The molecule has 0 saturated carbocycles. The molecule has 0 bridgehead atoms. The van der Waals surface area contributed by atoms with Crippen LogP contribution in [0, 0.1) is 0 Å². The Morgan fingerprint density at radius 3 is 2.65 bits per heavy atom. The predicted molar refractivity (Wildman–Crippen MR) is 62.7 cm³/mol. The molecule has 0 N–H and O–H groups in total. The SMILES string of the molecule is CC(=O)C1(C)OC12C=Cc1ccccc1C2=O. The van der Waals surface area contributed by atoms with Crippen LogP contribution in [0.15, 0.2) is 30.3 Å². The molecule has 3 heteroatoms. The monoisotopic (exact) mass is 228 g/mol. The molecule has 3 rings (SSSR count). The quantitative estimate of drug-likeness (QED) is 0.691. The summed E-state index contributed by atoms with van der Waals surface area (Å²) in [5, 5.41) is 0. The molecule has 1 fully saturated rings. The molecule has 0 radical (unpaired) electrons. The summed E-state index contributed by atoms with van der Waals surface area (Å²) in [4.78, 5) is 23.9. The average molecular weight is 228 g/mol. The largest absolute Gasteiger partial charge is 0.341 e. The summed E-state index contributed by atoms with van der Waals surface area (Å²) in [5.41, 5.74) is -0.550. The zero-order valence-electron chi connectivity index (χ0n) is 9.69. The maximum Gasteiger partial charge on any atom is 0.202 e. The molecule has 1 aliphatic carbocycles. The second kappa shape index (κ2) is 2.93. The first-order valence-corrected chi connectivity index (χ1v) is 5.55. The summed E-state index contributed by atoms with van der Waals surface area (Å²) in [6.45, 7) is 3.13. The van der Waals surface area contributed by atoms with Gasteiger partial charge in [-0.25, -0.2) is 0 Å². The molecular formula is C14H12O3. The van der Waals surface area contributed by atoms with Crippen molar-refractivity contribution >= 4 is 17.6 Å². The molecule has 1 spiro atoms. The number of benzene rings is 1. The second-order valence-electron chi connectivity index (χ2n) is 4.68. The lowest BCUT2D eigenvalue weighted by molar-refractivity contribution is -0.121. The van der Waals surface area contributed by atoms with Crippen LogP contribution in [0.3, 0.4) is 0 Å². The second-order valence-corrected chi connectivity index (χ2v) is 4.68.